The van der Waals surface area contributed by atoms with E-state index in [0.717, 1.165) is 0 Å². The van der Waals surface area contributed by atoms with Crippen molar-refractivity contribution in [1.82, 2.24) is 0 Å². The van der Waals surface area contributed by atoms with Crippen molar-refractivity contribution in [3.63, 3.8) is 0 Å². The summed E-state index contributed by atoms with van der Waals surface area (Å²) in [4.78, 5) is -0.0140. The van der Waals surface area contributed by atoms with Crippen molar-refractivity contribution in [1.29, 1.82) is 0 Å². The van der Waals surface area contributed by atoms with Crippen LogP contribution >= 0.6 is 0 Å². The lowest BCUT2D eigenvalue weighted by molar-refractivity contribution is 0.136. The van der Waals surface area contributed by atoms with Crippen molar-refractivity contribution in [2.75, 3.05) is 17.6 Å². The lowest BCUT2D eigenvalue weighted by Crippen LogP contribution is -2.25. The molecule has 26 heavy (non-hydrogen) atoms. The van der Waals surface area contributed by atoms with Crippen LogP contribution in [0.5, 0.6) is 11.5 Å². The second kappa shape index (κ2) is 8.04. The molecule has 10 heteroatoms. The van der Waals surface area contributed by atoms with E-state index < -0.39 is 26.2 Å². The average molecular weight is 400 g/mol. The molecule has 0 spiro atoms. The highest BCUT2D eigenvalue weighted by atomic mass is 32.2. The Bertz CT molecular complexity index is 939. The van der Waals surface area contributed by atoms with E-state index in [1.54, 1.807) is 31.2 Å². The van der Waals surface area contributed by atoms with Crippen LogP contribution in [0, 0.1) is 0 Å². The van der Waals surface area contributed by atoms with Gasteiger partial charge in [-0.05, 0) is 55.5 Å². The number of nitrogens with one attached hydrogen (secondary N) is 1. The first-order valence-corrected chi connectivity index (χ1v) is 10.7. The predicted octanol–water partition coefficient (Wildman–Crippen LogP) is 1.90. The first kappa shape index (κ1) is 20.2. The summed E-state index contributed by atoms with van der Waals surface area (Å²) < 4.78 is 59.4. The molecule has 0 aliphatic heterocycles. The quantitative estimate of drug-likeness (QED) is 0.697. The summed E-state index contributed by atoms with van der Waals surface area (Å²) in [6.07, 6.45) is -0.421. The van der Waals surface area contributed by atoms with Crippen LogP contribution in [0.1, 0.15) is 6.92 Å². The van der Waals surface area contributed by atoms with Gasteiger partial charge >= 0.3 is 0 Å². The van der Waals surface area contributed by atoms with Crippen LogP contribution in [0.25, 0.3) is 0 Å². The summed E-state index contributed by atoms with van der Waals surface area (Å²) in [6, 6.07) is 11.9. The zero-order chi connectivity index (χ0) is 19.4. The summed E-state index contributed by atoms with van der Waals surface area (Å²) in [6.45, 7) is 1.66. The Morgan fingerprint density at radius 3 is 1.92 bits per heavy atom. The molecule has 8 nitrogen and oxygen atoms in total. The van der Waals surface area contributed by atoms with E-state index in [-0.39, 0.29) is 10.6 Å². The number of hydrogen-bond donors (Lipinski definition) is 2. The number of nitrogens with two attached hydrogens (primary N) is 1. The van der Waals surface area contributed by atoms with Crippen molar-refractivity contribution in [2.24, 2.45) is 5.14 Å². The van der Waals surface area contributed by atoms with Crippen LogP contribution in [0.4, 0.5) is 5.69 Å². The minimum atomic E-state index is -3.76. The lowest BCUT2D eigenvalue weighted by Gasteiger charge is -2.12. The van der Waals surface area contributed by atoms with Crippen molar-refractivity contribution < 1.29 is 26.3 Å². The van der Waals surface area contributed by atoms with Gasteiger partial charge in [0.05, 0.1) is 16.8 Å². The zero-order valence-electron chi connectivity index (χ0n) is 14.2. The van der Waals surface area contributed by atoms with Crippen LogP contribution in [-0.4, -0.2) is 35.8 Å². The molecule has 2 aromatic carbocycles. The molecule has 0 aromatic heterocycles. The minimum Gasteiger partial charge on any atom is -0.457 e. The Morgan fingerprint density at radius 2 is 1.46 bits per heavy atom. The summed E-state index contributed by atoms with van der Waals surface area (Å²) in [5.74, 6) is 0.722. The van der Waals surface area contributed by atoms with Crippen LogP contribution in [0.15, 0.2) is 53.4 Å². The molecule has 0 heterocycles. The van der Waals surface area contributed by atoms with E-state index in [0.29, 0.717) is 17.2 Å². The number of ether oxygens (including phenoxy) is 2. The Kier molecular flexibility index (Phi) is 6.24. The highest BCUT2D eigenvalue weighted by Gasteiger charge is 2.15. The Balaban J connectivity index is 2.03. The fourth-order valence-corrected chi connectivity index (χ4v) is 3.87. The summed E-state index contributed by atoms with van der Waals surface area (Å²) in [7, 11) is -5.83. The van der Waals surface area contributed by atoms with Crippen LogP contribution in [-0.2, 0) is 24.8 Å². The fourth-order valence-electron chi connectivity index (χ4n) is 2.02. The number of primary sulfonamides is 1. The number of rotatable bonds is 8. The molecule has 0 bridgehead atoms. The number of methoxy groups -OCH3 is 1. The van der Waals surface area contributed by atoms with Gasteiger partial charge in [-0.3, -0.25) is 4.72 Å². The smallest absolute Gasteiger partial charge is 0.238 e. The van der Waals surface area contributed by atoms with E-state index >= 15 is 0 Å². The van der Waals surface area contributed by atoms with Crippen molar-refractivity contribution in [3.05, 3.63) is 48.5 Å². The third-order valence-electron chi connectivity index (χ3n) is 3.37. The van der Waals surface area contributed by atoms with E-state index in [1.165, 1.54) is 31.4 Å². The van der Waals surface area contributed by atoms with Crippen LogP contribution < -0.4 is 14.6 Å². The molecule has 0 amide bonds. The summed E-state index contributed by atoms with van der Waals surface area (Å²) in [5, 5.41) is 5.03. The minimum absolute atomic E-state index is 0.0140. The molecule has 0 saturated carbocycles. The van der Waals surface area contributed by atoms with Gasteiger partial charge in [-0.1, -0.05) is 0 Å². The van der Waals surface area contributed by atoms with Gasteiger partial charge in [-0.25, -0.2) is 22.0 Å². The third kappa shape index (κ3) is 5.99. The second-order valence-corrected chi connectivity index (χ2v) is 8.90. The van der Waals surface area contributed by atoms with Gasteiger partial charge in [0.2, 0.25) is 20.0 Å². The standard InChI is InChI=1S/C16H20N2O6S2/c1-12(23-2)11-25(19,20)18-13-3-5-14(6-4-13)24-15-7-9-16(10-8-15)26(17,21)22/h3-10,12,18H,11H2,1-2H3,(H2,17,21,22). The fraction of sp³-hybridized carbons (Fsp3) is 0.250. The molecule has 142 valence electrons. The molecule has 1 unspecified atom stereocenters. The second-order valence-electron chi connectivity index (χ2n) is 5.57. The molecule has 1 atom stereocenters. The Morgan fingerprint density at radius 1 is 0.962 bits per heavy atom. The molecule has 0 aliphatic rings. The molecule has 3 N–H and O–H groups in total. The van der Waals surface area contributed by atoms with E-state index in [2.05, 4.69) is 4.72 Å². The van der Waals surface area contributed by atoms with E-state index in [1.807, 2.05) is 0 Å². The number of sulfonamides is 2. The van der Waals surface area contributed by atoms with Gasteiger partial charge in [0, 0.05) is 12.8 Å². The van der Waals surface area contributed by atoms with Gasteiger partial charge in [-0.15, -0.1) is 0 Å². The van der Waals surface area contributed by atoms with Gasteiger partial charge in [0.1, 0.15) is 11.5 Å². The molecule has 2 rings (SSSR count). The van der Waals surface area contributed by atoms with Crippen LogP contribution in [0.2, 0.25) is 0 Å². The maximum atomic E-state index is 12.0. The van der Waals surface area contributed by atoms with Crippen molar-refractivity contribution in [2.45, 2.75) is 17.9 Å². The average Bonchev–Trinajstić information content (AvgIpc) is 2.55. The van der Waals surface area contributed by atoms with Crippen molar-refractivity contribution in [3.8, 4) is 11.5 Å². The van der Waals surface area contributed by atoms with Gasteiger partial charge in [0.15, 0.2) is 0 Å². The highest BCUT2D eigenvalue weighted by Crippen LogP contribution is 2.24. The molecule has 2 aromatic rings. The Hall–Kier alpha value is -2.14. The monoisotopic (exact) mass is 400 g/mol. The van der Waals surface area contributed by atoms with E-state index in [9.17, 15) is 16.8 Å². The lowest BCUT2D eigenvalue weighted by atomic mass is 10.3. The summed E-state index contributed by atoms with van der Waals surface area (Å²) in [5.41, 5.74) is 0.394. The normalized spacial score (nSPS) is 13.2. The third-order valence-corrected chi connectivity index (χ3v) is 5.76. The SMILES string of the molecule is COC(C)CS(=O)(=O)Nc1ccc(Oc2ccc(S(N)(=O)=O)cc2)cc1. The maximum Gasteiger partial charge on any atom is 0.238 e. The first-order valence-electron chi connectivity index (χ1n) is 7.53. The molecular weight excluding hydrogens is 380 g/mol. The molecule has 0 saturated heterocycles. The molecule has 0 radical (unpaired) electrons. The maximum absolute atomic E-state index is 12.0. The first-order chi connectivity index (χ1) is 12.1. The number of benzene rings is 2. The van der Waals surface area contributed by atoms with Crippen molar-refractivity contribution >= 4 is 25.7 Å². The largest absolute Gasteiger partial charge is 0.457 e. The molecule has 0 aliphatic carbocycles. The highest BCUT2D eigenvalue weighted by molar-refractivity contribution is 7.92. The van der Waals surface area contributed by atoms with Gasteiger partial charge in [0.25, 0.3) is 0 Å². The molecule has 0 fully saturated rings. The summed E-state index contributed by atoms with van der Waals surface area (Å²) >= 11 is 0. The van der Waals surface area contributed by atoms with Crippen LogP contribution in [0.3, 0.4) is 0 Å². The van der Waals surface area contributed by atoms with E-state index in [4.69, 9.17) is 14.6 Å². The Labute approximate surface area is 153 Å². The molecular formula is C16H20N2O6S2. The topological polar surface area (TPSA) is 125 Å². The number of anilines is 1. The predicted molar refractivity (Wildman–Crippen MR) is 98.2 cm³/mol. The van der Waals surface area contributed by atoms with Gasteiger partial charge < -0.3 is 9.47 Å². The number of hydrogen-bond acceptors (Lipinski definition) is 6. The van der Waals surface area contributed by atoms with Gasteiger partial charge in [-0.2, -0.15) is 0 Å². The zero-order valence-corrected chi connectivity index (χ0v) is 15.9.